The van der Waals surface area contributed by atoms with E-state index >= 15 is 0 Å². The van der Waals surface area contributed by atoms with E-state index in [0.29, 0.717) is 11.5 Å². The summed E-state index contributed by atoms with van der Waals surface area (Å²) in [6.45, 7) is 1.92. The summed E-state index contributed by atoms with van der Waals surface area (Å²) in [5.74, 6) is 1.41. The van der Waals surface area contributed by atoms with Crippen LogP contribution < -0.4 is 10.2 Å². The first kappa shape index (κ1) is 13.0. The van der Waals surface area contributed by atoms with Crippen LogP contribution in [0.1, 0.15) is 12.5 Å². The van der Waals surface area contributed by atoms with Gasteiger partial charge in [0.15, 0.2) is 11.5 Å². The summed E-state index contributed by atoms with van der Waals surface area (Å²) in [5.41, 5.74) is 5.42. The van der Waals surface area contributed by atoms with Crippen LogP contribution in [0.4, 0.5) is 5.82 Å². The molecule has 7 heteroatoms. The molecule has 0 atom stereocenters. The molecule has 3 aromatic rings. The summed E-state index contributed by atoms with van der Waals surface area (Å²) >= 11 is 0. The van der Waals surface area contributed by atoms with E-state index in [4.69, 9.17) is 4.74 Å². The largest absolute Gasteiger partial charge is 0.497 e. The Morgan fingerprint density at radius 2 is 2.19 bits per heavy atom. The molecule has 2 aromatic heterocycles. The van der Waals surface area contributed by atoms with Crippen molar-refractivity contribution in [2.24, 2.45) is 5.10 Å². The fraction of sp³-hybridized carbons (Fsp3) is 0.143. The number of anilines is 1. The van der Waals surface area contributed by atoms with Gasteiger partial charge in [0.2, 0.25) is 0 Å². The lowest BCUT2D eigenvalue weighted by molar-refractivity contribution is 0.414. The third-order valence-electron chi connectivity index (χ3n) is 2.99. The number of hydrazone groups is 1. The summed E-state index contributed by atoms with van der Waals surface area (Å²) in [5, 5.41) is 16.3. The summed E-state index contributed by atoms with van der Waals surface area (Å²) in [7, 11) is 1.64. The molecule has 0 amide bonds. The minimum Gasteiger partial charge on any atom is -0.497 e. The number of aromatic nitrogens is 4. The van der Waals surface area contributed by atoms with E-state index in [0.717, 1.165) is 17.0 Å². The van der Waals surface area contributed by atoms with Crippen LogP contribution in [0.5, 0.6) is 5.75 Å². The van der Waals surface area contributed by atoms with Crippen molar-refractivity contribution < 1.29 is 4.74 Å². The standard InChI is InChI=1S/C14H14N6O/c1-10(11-4-3-5-12(8-11)21-2)16-17-13-6-7-14-18-15-9-20(14)19-13/h3-9H,1-2H3,(H,17,19)/b16-10-. The molecule has 0 fully saturated rings. The predicted octanol–water partition coefficient (Wildman–Crippen LogP) is 1.97. The van der Waals surface area contributed by atoms with Gasteiger partial charge in [0.25, 0.3) is 0 Å². The van der Waals surface area contributed by atoms with Crippen molar-refractivity contribution in [2.75, 3.05) is 12.5 Å². The molecule has 3 rings (SSSR count). The number of hydrogen-bond acceptors (Lipinski definition) is 6. The lowest BCUT2D eigenvalue weighted by Crippen LogP contribution is -2.02. The van der Waals surface area contributed by atoms with Gasteiger partial charge in [0, 0.05) is 5.56 Å². The minimum atomic E-state index is 0.615. The molecule has 0 radical (unpaired) electrons. The first-order valence-electron chi connectivity index (χ1n) is 6.38. The molecule has 0 aliphatic rings. The fourth-order valence-electron chi connectivity index (χ4n) is 1.84. The molecule has 1 aromatic carbocycles. The topological polar surface area (TPSA) is 76.7 Å². The van der Waals surface area contributed by atoms with Crippen molar-refractivity contribution in [2.45, 2.75) is 6.92 Å². The Kier molecular flexibility index (Phi) is 3.46. The van der Waals surface area contributed by atoms with Gasteiger partial charge in [-0.25, -0.2) is 0 Å². The lowest BCUT2D eigenvalue weighted by atomic mass is 10.1. The molecule has 7 nitrogen and oxygen atoms in total. The highest BCUT2D eigenvalue weighted by Gasteiger charge is 2.01. The molecule has 1 N–H and O–H groups in total. The van der Waals surface area contributed by atoms with Crippen molar-refractivity contribution in [1.29, 1.82) is 0 Å². The average Bonchev–Trinajstić information content (AvgIpc) is 3.00. The Morgan fingerprint density at radius 1 is 1.29 bits per heavy atom. The van der Waals surface area contributed by atoms with Crippen LogP contribution in [-0.2, 0) is 0 Å². The molecular weight excluding hydrogens is 268 g/mol. The minimum absolute atomic E-state index is 0.615. The monoisotopic (exact) mass is 282 g/mol. The van der Waals surface area contributed by atoms with E-state index in [1.807, 2.05) is 37.3 Å². The molecule has 0 spiro atoms. The molecule has 0 unspecified atom stereocenters. The summed E-state index contributed by atoms with van der Waals surface area (Å²) in [6, 6.07) is 11.3. The quantitative estimate of drug-likeness (QED) is 0.585. The highest BCUT2D eigenvalue weighted by molar-refractivity contribution is 5.99. The van der Waals surface area contributed by atoms with Crippen LogP contribution in [0.3, 0.4) is 0 Å². The van der Waals surface area contributed by atoms with Gasteiger partial charge in [-0.1, -0.05) is 12.1 Å². The second-order valence-corrected chi connectivity index (χ2v) is 4.39. The van der Waals surface area contributed by atoms with Crippen molar-refractivity contribution in [3.63, 3.8) is 0 Å². The lowest BCUT2D eigenvalue weighted by Gasteiger charge is -2.05. The maximum absolute atomic E-state index is 5.20. The average molecular weight is 282 g/mol. The van der Waals surface area contributed by atoms with E-state index < -0.39 is 0 Å². The van der Waals surface area contributed by atoms with Crippen molar-refractivity contribution in [1.82, 2.24) is 19.8 Å². The number of nitrogens with one attached hydrogen (secondary N) is 1. The summed E-state index contributed by atoms with van der Waals surface area (Å²) in [4.78, 5) is 0. The molecule has 106 valence electrons. The van der Waals surface area contributed by atoms with Gasteiger partial charge in [-0.05, 0) is 31.2 Å². The maximum Gasteiger partial charge on any atom is 0.177 e. The highest BCUT2D eigenvalue weighted by Crippen LogP contribution is 2.13. The van der Waals surface area contributed by atoms with Gasteiger partial charge >= 0.3 is 0 Å². The van der Waals surface area contributed by atoms with Crippen LogP contribution in [-0.4, -0.2) is 32.6 Å². The number of benzene rings is 1. The number of hydrogen-bond donors (Lipinski definition) is 1. The second kappa shape index (κ2) is 5.58. The molecule has 0 aliphatic heterocycles. The Hall–Kier alpha value is -2.96. The molecule has 0 bridgehead atoms. The van der Waals surface area contributed by atoms with E-state index in [1.54, 1.807) is 24.0 Å². The Morgan fingerprint density at radius 3 is 3.05 bits per heavy atom. The molecular formula is C14H14N6O. The smallest absolute Gasteiger partial charge is 0.177 e. The second-order valence-electron chi connectivity index (χ2n) is 4.39. The fourth-order valence-corrected chi connectivity index (χ4v) is 1.84. The van der Waals surface area contributed by atoms with E-state index in [2.05, 4.69) is 25.8 Å². The Bertz CT molecular complexity index is 795. The first-order valence-corrected chi connectivity index (χ1v) is 6.38. The molecule has 0 aliphatic carbocycles. The third kappa shape index (κ3) is 2.81. The first-order chi connectivity index (χ1) is 10.3. The van der Waals surface area contributed by atoms with Gasteiger partial charge in [-0.15, -0.1) is 15.3 Å². The van der Waals surface area contributed by atoms with Gasteiger partial charge in [-0.2, -0.15) is 9.62 Å². The van der Waals surface area contributed by atoms with E-state index in [-0.39, 0.29) is 0 Å². The highest BCUT2D eigenvalue weighted by atomic mass is 16.5. The maximum atomic E-state index is 5.20. The zero-order valence-electron chi connectivity index (χ0n) is 11.7. The van der Waals surface area contributed by atoms with Gasteiger partial charge in [-0.3, -0.25) is 5.43 Å². The zero-order chi connectivity index (χ0) is 14.7. The van der Waals surface area contributed by atoms with Crippen LogP contribution >= 0.6 is 0 Å². The van der Waals surface area contributed by atoms with Crippen LogP contribution in [0.25, 0.3) is 5.65 Å². The molecule has 0 saturated carbocycles. The molecule has 21 heavy (non-hydrogen) atoms. The van der Waals surface area contributed by atoms with E-state index in [9.17, 15) is 0 Å². The number of fused-ring (bicyclic) bond motifs is 1. The van der Waals surface area contributed by atoms with E-state index in [1.165, 1.54) is 0 Å². The zero-order valence-corrected chi connectivity index (χ0v) is 11.7. The molecule has 2 heterocycles. The predicted molar refractivity (Wildman–Crippen MR) is 79.6 cm³/mol. The van der Waals surface area contributed by atoms with Crippen molar-refractivity contribution >= 4 is 17.2 Å². The van der Waals surface area contributed by atoms with Crippen LogP contribution in [0, 0.1) is 0 Å². The summed E-state index contributed by atoms with van der Waals surface area (Å²) < 4.78 is 6.78. The van der Waals surface area contributed by atoms with Gasteiger partial charge in [0.1, 0.15) is 12.1 Å². The van der Waals surface area contributed by atoms with Crippen LogP contribution in [0.15, 0.2) is 47.8 Å². The Labute approximate surface area is 121 Å². The van der Waals surface area contributed by atoms with Crippen molar-refractivity contribution in [3.8, 4) is 5.75 Å². The Balaban J connectivity index is 1.80. The number of ether oxygens (including phenoxy) is 1. The summed E-state index contributed by atoms with van der Waals surface area (Å²) in [6.07, 6.45) is 1.54. The number of nitrogens with zero attached hydrogens (tertiary/aromatic N) is 5. The van der Waals surface area contributed by atoms with Crippen LogP contribution in [0.2, 0.25) is 0 Å². The normalized spacial score (nSPS) is 11.6. The van der Waals surface area contributed by atoms with Gasteiger partial charge in [0.05, 0.1) is 12.8 Å². The number of rotatable bonds is 4. The molecule has 0 saturated heterocycles. The third-order valence-corrected chi connectivity index (χ3v) is 2.99. The van der Waals surface area contributed by atoms with Crippen molar-refractivity contribution in [3.05, 3.63) is 48.3 Å². The SMILES string of the molecule is COc1cccc(/C(C)=N\Nc2ccc3nncn3n2)c1. The van der Waals surface area contributed by atoms with Gasteiger partial charge < -0.3 is 4.74 Å². The number of methoxy groups -OCH3 is 1.